The Balaban J connectivity index is 1.56. The van der Waals surface area contributed by atoms with E-state index in [1.807, 2.05) is 0 Å². The molecular weight excluding hydrogens is 352 g/mol. The maximum atomic E-state index is 12.6. The lowest BCUT2D eigenvalue weighted by atomic mass is 9.89. The number of rotatable bonds is 2. The number of fused-ring (bicyclic) bond motifs is 3. The summed E-state index contributed by atoms with van der Waals surface area (Å²) >= 11 is 3.32. The van der Waals surface area contributed by atoms with E-state index in [2.05, 4.69) is 36.1 Å². The molecule has 0 amide bonds. The molecule has 2 aromatic rings. The van der Waals surface area contributed by atoms with Gasteiger partial charge >= 0.3 is 0 Å². The Morgan fingerprint density at radius 2 is 2.24 bits per heavy atom. The molecule has 3 heterocycles. The van der Waals surface area contributed by atoms with Crippen LogP contribution in [-0.2, 0) is 18.6 Å². The second-order valence-electron chi connectivity index (χ2n) is 7.97. The quantitative estimate of drug-likeness (QED) is 0.843. The van der Waals surface area contributed by atoms with E-state index >= 15 is 0 Å². The van der Waals surface area contributed by atoms with Crippen molar-refractivity contribution in [2.45, 2.75) is 45.8 Å². The van der Waals surface area contributed by atoms with Gasteiger partial charge in [-0.1, -0.05) is 32.5 Å². The minimum Gasteiger partial charge on any atom is -0.364 e. The number of nitrogens with one attached hydrogen (secondary N) is 2. The van der Waals surface area contributed by atoms with Crippen LogP contribution < -0.4 is 10.9 Å². The van der Waals surface area contributed by atoms with Gasteiger partial charge in [0.15, 0.2) is 5.17 Å². The summed E-state index contributed by atoms with van der Waals surface area (Å²) in [6, 6.07) is 0. The number of hydrogen-bond donors (Lipinski definition) is 2. The third-order valence-corrected chi connectivity index (χ3v) is 7.04. The normalized spacial score (nSPS) is 22.4. The molecule has 0 saturated carbocycles. The molecule has 134 valence electrons. The predicted octanol–water partition coefficient (Wildman–Crippen LogP) is 3.33. The third-order valence-electron chi connectivity index (χ3n) is 4.93. The first kappa shape index (κ1) is 17.1. The number of aromatic nitrogens is 2. The zero-order chi connectivity index (χ0) is 17.6. The van der Waals surface area contributed by atoms with Gasteiger partial charge in [-0.25, -0.2) is 4.98 Å². The zero-order valence-electron chi connectivity index (χ0n) is 14.9. The number of hydrogen-bond acceptors (Lipinski definition) is 6. The summed E-state index contributed by atoms with van der Waals surface area (Å²) in [4.78, 5) is 27.2. The third kappa shape index (κ3) is 3.49. The lowest BCUT2D eigenvalue weighted by Crippen LogP contribution is -2.39. The second kappa shape index (κ2) is 6.43. The Labute approximate surface area is 155 Å². The van der Waals surface area contributed by atoms with Crippen LogP contribution in [0.2, 0.25) is 0 Å². The van der Waals surface area contributed by atoms with Gasteiger partial charge in [0.1, 0.15) is 10.7 Å². The number of nitrogens with zero attached hydrogens (tertiary/aromatic N) is 2. The van der Waals surface area contributed by atoms with Gasteiger partial charge in [0.2, 0.25) is 0 Å². The van der Waals surface area contributed by atoms with Crippen molar-refractivity contribution in [3.63, 3.8) is 0 Å². The number of aryl methyl sites for hydroxylation is 1. The van der Waals surface area contributed by atoms with Crippen LogP contribution in [0.15, 0.2) is 9.79 Å². The molecule has 0 unspecified atom stereocenters. The Hall–Kier alpha value is -1.34. The Morgan fingerprint density at radius 1 is 1.40 bits per heavy atom. The fraction of sp³-hybridized carbons (Fsp3) is 0.611. The second-order valence-corrected chi connectivity index (χ2v) is 10.0. The molecule has 1 aliphatic heterocycles. The van der Waals surface area contributed by atoms with Crippen molar-refractivity contribution in [1.29, 1.82) is 0 Å². The average Bonchev–Trinajstić information content (AvgIpc) is 2.91. The van der Waals surface area contributed by atoms with Crippen molar-refractivity contribution in [3.8, 4) is 0 Å². The zero-order valence-corrected chi connectivity index (χ0v) is 16.6. The van der Waals surface area contributed by atoms with Gasteiger partial charge in [-0.05, 0) is 30.7 Å². The van der Waals surface area contributed by atoms with Gasteiger partial charge < -0.3 is 10.3 Å². The first-order chi connectivity index (χ1) is 11.9. The van der Waals surface area contributed by atoms with Crippen LogP contribution >= 0.6 is 23.1 Å². The minimum atomic E-state index is 0.0207. The molecule has 1 atom stereocenters. The summed E-state index contributed by atoms with van der Waals surface area (Å²) in [5.41, 5.74) is 1.47. The molecule has 0 fully saturated rings. The summed E-state index contributed by atoms with van der Waals surface area (Å²) in [5, 5.41) is 5.15. The number of amidine groups is 1. The number of thioether (sulfide) groups is 1. The molecule has 5 nitrogen and oxygen atoms in total. The summed E-state index contributed by atoms with van der Waals surface area (Å²) in [7, 11) is 0. The van der Waals surface area contributed by atoms with E-state index in [9.17, 15) is 4.79 Å². The van der Waals surface area contributed by atoms with Crippen LogP contribution in [0.4, 0.5) is 0 Å². The van der Waals surface area contributed by atoms with Crippen molar-refractivity contribution >= 4 is 38.5 Å². The average molecular weight is 377 g/mol. The van der Waals surface area contributed by atoms with Gasteiger partial charge in [-0.15, -0.1) is 11.3 Å². The van der Waals surface area contributed by atoms with Crippen molar-refractivity contribution in [2.24, 2.45) is 16.3 Å². The van der Waals surface area contributed by atoms with Gasteiger partial charge in [-0.2, -0.15) is 0 Å². The highest BCUT2D eigenvalue weighted by atomic mass is 32.2. The molecule has 0 radical (unpaired) electrons. The monoisotopic (exact) mass is 376 g/mol. The van der Waals surface area contributed by atoms with Crippen LogP contribution in [-0.4, -0.2) is 28.2 Å². The lowest BCUT2D eigenvalue weighted by Gasteiger charge is -2.28. The van der Waals surface area contributed by atoms with Gasteiger partial charge in [0.05, 0.1) is 11.1 Å². The van der Waals surface area contributed by atoms with Crippen molar-refractivity contribution in [2.75, 3.05) is 13.1 Å². The number of aromatic amines is 1. The minimum absolute atomic E-state index is 0.0207. The van der Waals surface area contributed by atoms with E-state index in [4.69, 9.17) is 4.98 Å². The van der Waals surface area contributed by atoms with Crippen molar-refractivity contribution < 1.29 is 0 Å². The van der Waals surface area contributed by atoms with E-state index in [0.29, 0.717) is 11.7 Å². The fourth-order valence-electron chi connectivity index (χ4n) is 3.41. The molecule has 2 aliphatic rings. The van der Waals surface area contributed by atoms with E-state index in [0.717, 1.165) is 53.6 Å². The fourth-order valence-corrected chi connectivity index (χ4v) is 5.55. The van der Waals surface area contributed by atoms with Crippen molar-refractivity contribution in [1.82, 2.24) is 15.3 Å². The summed E-state index contributed by atoms with van der Waals surface area (Å²) in [6.07, 6.45) is 3.25. The highest BCUT2D eigenvalue weighted by molar-refractivity contribution is 8.13. The Bertz CT molecular complexity index is 896. The molecule has 4 rings (SSSR count). The van der Waals surface area contributed by atoms with Crippen LogP contribution in [0.5, 0.6) is 0 Å². The highest BCUT2D eigenvalue weighted by Gasteiger charge is 2.24. The van der Waals surface area contributed by atoms with E-state index in [-0.39, 0.29) is 11.0 Å². The highest BCUT2D eigenvalue weighted by Crippen LogP contribution is 2.35. The largest absolute Gasteiger partial charge is 0.364 e. The van der Waals surface area contributed by atoms with Crippen molar-refractivity contribution in [3.05, 3.63) is 26.6 Å². The van der Waals surface area contributed by atoms with Crippen LogP contribution in [0.3, 0.4) is 0 Å². The number of aliphatic imine (C=N–C) groups is 1. The molecule has 25 heavy (non-hydrogen) atoms. The lowest BCUT2D eigenvalue weighted by molar-refractivity contribution is 0.364. The molecule has 0 spiro atoms. The SMILES string of the molecule is C[C@@H]1CCc2c(sc3nc(CSC4=NCC(C)(C)CN4)[nH]c(=O)c23)C1. The van der Waals surface area contributed by atoms with Crippen LogP contribution in [0.25, 0.3) is 10.2 Å². The topological polar surface area (TPSA) is 70.1 Å². The molecular formula is C18H24N4OS2. The summed E-state index contributed by atoms with van der Waals surface area (Å²) < 4.78 is 0. The molecule has 0 saturated heterocycles. The first-order valence-electron chi connectivity index (χ1n) is 8.86. The summed E-state index contributed by atoms with van der Waals surface area (Å²) in [5.74, 6) is 2.08. The molecule has 2 aromatic heterocycles. The van der Waals surface area contributed by atoms with Crippen LogP contribution in [0, 0.1) is 11.3 Å². The molecule has 2 N–H and O–H groups in total. The first-order valence-corrected chi connectivity index (χ1v) is 10.7. The maximum absolute atomic E-state index is 12.6. The smallest absolute Gasteiger partial charge is 0.259 e. The Morgan fingerprint density at radius 3 is 3.00 bits per heavy atom. The standard InChI is InChI=1S/C18H24N4OS2/c1-10-4-5-11-12(6-10)25-16-14(11)15(23)21-13(22-16)7-24-17-19-8-18(2,3)9-20-17/h10H,4-9H2,1-3H3,(H,19,20)(H,21,22,23)/t10-/m1/s1. The maximum Gasteiger partial charge on any atom is 0.259 e. The number of H-pyrrole nitrogens is 1. The molecule has 7 heteroatoms. The van der Waals surface area contributed by atoms with E-state index in [1.165, 1.54) is 10.4 Å². The molecule has 0 bridgehead atoms. The van der Waals surface area contributed by atoms with Gasteiger partial charge in [0.25, 0.3) is 5.56 Å². The summed E-state index contributed by atoms with van der Waals surface area (Å²) in [6.45, 7) is 8.46. The van der Waals surface area contributed by atoms with E-state index < -0.39 is 0 Å². The van der Waals surface area contributed by atoms with E-state index in [1.54, 1.807) is 23.1 Å². The molecule has 1 aliphatic carbocycles. The molecule has 0 aromatic carbocycles. The predicted molar refractivity (Wildman–Crippen MR) is 107 cm³/mol. The van der Waals surface area contributed by atoms with Crippen LogP contribution in [0.1, 0.15) is 43.5 Å². The van der Waals surface area contributed by atoms with Gasteiger partial charge in [-0.3, -0.25) is 9.79 Å². The Kier molecular flexibility index (Phi) is 4.40. The number of thiophene rings is 1. The van der Waals surface area contributed by atoms with Gasteiger partial charge in [0, 0.05) is 23.4 Å².